The van der Waals surface area contributed by atoms with E-state index < -0.39 is 0 Å². The molecular formula is C16H18O2. The van der Waals surface area contributed by atoms with Crippen molar-refractivity contribution in [3.05, 3.63) is 59.7 Å². The summed E-state index contributed by atoms with van der Waals surface area (Å²) in [6.07, 6.45) is 1.07. The summed E-state index contributed by atoms with van der Waals surface area (Å²) in [5.74, 6) is 1.21. The Hall–Kier alpha value is -1.96. The molecule has 2 heteroatoms. The minimum atomic E-state index is 0.202. The van der Waals surface area contributed by atoms with E-state index in [1.54, 1.807) is 12.1 Å². The molecule has 0 bridgehead atoms. The highest BCUT2D eigenvalue weighted by molar-refractivity contribution is 5.33. The molecule has 0 amide bonds. The summed E-state index contributed by atoms with van der Waals surface area (Å²) in [6.45, 7) is 4.04. The van der Waals surface area contributed by atoms with E-state index in [0.29, 0.717) is 5.75 Å². The maximum Gasteiger partial charge on any atom is 0.119 e. The fraction of sp³-hybridized carbons (Fsp3) is 0.250. The smallest absolute Gasteiger partial charge is 0.119 e. The predicted octanol–water partition coefficient (Wildman–Crippen LogP) is 3.77. The molecule has 0 saturated carbocycles. The highest BCUT2D eigenvalue weighted by Gasteiger charge is 2.00. The molecular weight excluding hydrogens is 224 g/mol. The molecule has 0 fully saturated rings. The number of rotatable bonds is 4. The van der Waals surface area contributed by atoms with Gasteiger partial charge < -0.3 is 9.84 Å². The molecule has 0 spiro atoms. The van der Waals surface area contributed by atoms with Gasteiger partial charge in [0, 0.05) is 0 Å². The third-order valence-electron chi connectivity index (χ3n) is 2.64. The first-order valence-electron chi connectivity index (χ1n) is 6.17. The summed E-state index contributed by atoms with van der Waals surface area (Å²) in [5, 5.41) is 9.23. The van der Waals surface area contributed by atoms with Crippen LogP contribution in [0, 0.1) is 0 Å². The van der Waals surface area contributed by atoms with Crippen LogP contribution in [0.15, 0.2) is 48.5 Å². The largest absolute Gasteiger partial charge is 0.508 e. The Balaban J connectivity index is 2.04. The third-order valence-corrected chi connectivity index (χ3v) is 2.64. The second-order valence-electron chi connectivity index (χ2n) is 4.65. The van der Waals surface area contributed by atoms with Gasteiger partial charge in [-0.2, -0.15) is 0 Å². The second-order valence-corrected chi connectivity index (χ2v) is 4.65. The first kappa shape index (κ1) is 12.5. The number of ether oxygens (including phenoxy) is 1. The molecule has 1 N–H and O–H groups in total. The number of benzene rings is 2. The van der Waals surface area contributed by atoms with Crippen molar-refractivity contribution in [2.24, 2.45) is 0 Å². The maximum absolute atomic E-state index is 9.23. The van der Waals surface area contributed by atoms with Gasteiger partial charge in [-0.15, -0.1) is 0 Å². The van der Waals surface area contributed by atoms with Crippen molar-refractivity contribution in [1.29, 1.82) is 0 Å². The van der Waals surface area contributed by atoms with E-state index >= 15 is 0 Å². The summed E-state index contributed by atoms with van der Waals surface area (Å²) in [4.78, 5) is 0. The monoisotopic (exact) mass is 242 g/mol. The van der Waals surface area contributed by atoms with Gasteiger partial charge in [-0.3, -0.25) is 0 Å². The van der Waals surface area contributed by atoms with Gasteiger partial charge in [0.2, 0.25) is 0 Å². The minimum Gasteiger partial charge on any atom is -0.508 e. The van der Waals surface area contributed by atoms with Crippen molar-refractivity contribution in [2.45, 2.75) is 26.4 Å². The van der Waals surface area contributed by atoms with Crippen LogP contribution in [0.2, 0.25) is 0 Å². The lowest BCUT2D eigenvalue weighted by Crippen LogP contribution is -2.05. The standard InChI is InChI=1S/C16H18O2/c1-12(2)18-16-9-5-14(6-10-16)11-13-3-7-15(17)8-4-13/h3-10,12,17H,11H2,1-2H3. The zero-order valence-electron chi connectivity index (χ0n) is 10.8. The number of phenols is 1. The summed E-state index contributed by atoms with van der Waals surface area (Å²) in [7, 11) is 0. The quantitative estimate of drug-likeness (QED) is 0.884. The molecule has 0 aliphatic heterocycles. The lowest BCUT2D eigenvalue weighted by molar-refractivity contribution is 0.242. The van der Waals surface area contributed by atoms with E-state index in [0.717, 1.165) is 12.2 Å². The molecule has 0 aromatic heterocycles. The molecule has 0 aliphatic rings. The summed E-state index contributed by atoms with van der Waals surface area (Å²) in [6, 6.07) is 15.4. The maximum atomic E-state index is 9.23. The van der Waals surface area contributed by atoms with Gasteiger partial charge in [0.1, 0.15) is 11.5 Å². The molecule has 0 heterocycles. The Bertz CT molecular complexity index is 484. The lowest BCUT2D eigenvalue weighted by atomic mass is 10.0. The molecule has 0 aliphatic carbocycles. The third kappa shape index (κ3) is 3.52. The molecule has 2 aromatic rings. The Labute approximate surface area is 108 Å². The second kappa shape index (κ2) is 5.58. The van der Waals surface area contributed by atoms with Crippen molar-refractivity contribution >= 4 is 0 Å². The van der Waals surface area contributed by atoms with Gasteiger partial charge in [-0.1, -0.05) is 24.3 Å². The van der Waals surface area contributed by atoms with Gasteiger partial charge >= 0.3 is 0 Å². The first-order valence-corrected chi connectivity index (χ1v) is 6.17. The fourth-order valence-corrected chi connectivity index (χ4v) is 1.81. The molecule has 0 radical (unpaired) electrons. The molecule has 2 aromatic carbocycles. The highest BCUT2D eigenvalue weighted by Crippen LogP contribution is 2.17. The molecule has 0 atom stereocenters. The average Bonchev–Trinajstić information content (AvgIpc) is 2.34. The van der Waals surface area contributed by atoms with Crippen LogP contribution in [0.4, 0.5) is 0 Å². The SMILES string of the molecule is CC(C)Oc1ccc(Cc2ccc(O)cc2)cc1. The Morgan fingerprint density at radius 3 is 1.89 bits per heavy atom. The van der Waals surface area contributed by atoms with E-state index in [4.69, 9.17) is 4.74 Å². The van der Waals surface area contributed by atoms with Crippen LogP contribution < -0.4 is 4.74 Å². The average molecular weight is 242 g/mol. The van der Waals surface area contributed by atoms with E-state index in [-0.39, 0.29) is 6.10 Å². The van der Waals surface area contributed by atoms with Crippen LogP contribution in [-0.4, -0.2) is 11.2 Å². The van der Waals surface area contributed by atoms with E-state index in [1.807, 2.05) is 38.1 Å². The molecule has 0 saturated heterocycles. The normalized spacial score (nSPS) is 10.6. The van der Waals surface area contributed by atoms with E-state index in [2.05, 4.69) is 12.1 Å². The van der Waals surface area contributed by atoms with Crippen LogP contribution in [0.5, 0.6) is 11.5 Å². The molecule has 2 nitrogen and oxygen atoms in total. The number of aromatic hydroxyl groups is 1. The Morgan fingerprint density at radius 2 is 1.39 bits per heavy atom. The molecule has 2 rings (SSSR count). The zero-order chi connectivity index (χ0) is 13.0. The predicted molar refractivity (Wildman–Crippen MR) is 73.1 cm³/mol. The van der Waals surface area contributed by atoms with Crippen molar-refractivity contribution < 1.29 is 9.84 Å². The summed E-state index contributed by atoms with van der Waals surface area (Å²) < 4.78 is 5.60. The molecule has 18 heavy (non-hydrogen) atoms. The van der Waals surface area contributed by atoms with Gasteiger partial charge in [0.15, 0.2) is 0 Å². The van der Waals surface area contributed by atoms with E-state index in [9.17, 15) is 5.11 Å². The van der Waals surface area contributed by atoms with Crippen molar-refractivity contribution in [3.8, 4) is 11.5 Å². The lowest BCUT2D eigenvalue weighted by Gasteiger charge is -2.10. The number of phenolic OH excluding ortho intramolecular Hbond substituents is 1. The minimum absolute atomic E-state index is 0.202. The van der Waals surface area contributed by atoms with Gasteiger partial charge in [0.05, 0.1) is 6.10 Å². The molecule has 94 valence electrons. The van der Waals surface area contributed by atoms with Crippen molar-refractivity contribution in [3.63, 3.8) is 0 Å². The Morgan fingerprint density at radius 1 is 0.889 bits per heavy atom. The van der Waals surface area contributed by atoms with Gasteiger partial charge in [-0.05, 0) is 55.7 Å². The topological polar surface area (TPSA) is 29.5 Å². The van der Waals surface area contributed by atoms with E-state index in [1.165, 1.54) is 11.1 Å². The van der Waals surface area contributed by atoms with Gasteiger partial charge in [0.25, 0.3) is 0 Å². The first-order chi connectivity index (χ1) is 8.63. The highest BCUT2D eigenvalue weighted by atomic mass is 16.5. The van der Waals surface area contributed by atoms with Crippen molar-refractivity contribution in [2.75, 3.05) is 0 Å². The van der Waals surface area contributed by atoms with Crippen LogP contribution in [-0.2, 0) is 6.42 Å². The van der Waals surface area contributed by atoms with Crippen LogP contribution in [0.3, 0.4) is 0 Å². The summed E-state index contributed by atoms with van der Waals surface area (Å²) in [5.41, 5.74) is 2.42. The van der Waals surface area contributed by atoms with Gasteiger partial charge in [-0.25, -0.2) is 0 Å². The number of hydrogen-bond acceptors (Lipinski definition) is 2. The molecule has 0 unspecified atom stereocenters. The fourth-order valence-electron chi connectivity index (χ4n) is 1.81. The van der Waals surface area contributed by atoms with Crippen molar-refractivity contribution in [1.82, 2.24) is 0 Å². The van der Waals surface area contributed by atoms with Crippen LogP contribution in [0.25, 0.3) is 0 Å². The van der Waals surface area contributed by atoms with Crippen LogP contribution in [0.1, 0.15) is 25.0 Å². The van der Waals surface area contributed by atoms with Crippen LogP contribution >= 0.6 is 0 Å². The Kier molecular flexibility index (Phi) is 3.88. The zero-order valence-corrected chi connectivity index (χ0v) is 10.8. The number of hydrogen-bond donors (Lipinski definition) is 1. The summed E-state index contributed by atoms with van der Waals surface area (Å²) >= 11 is 0.